The molecule has 31 heavy (non-hydrogen) atoms. The van der Waals surface area contributed by atoms with Crippen molar-refractivity contribution in [2.24, 2.45) is 5.73 Å². The van der Waals surface area contributed by atoms with Crippen molar-refractivity contribution in [2.45, 2.75) is 25.7 Å². The topological polar surface area (TPSA) is 131 Å². The van der Waals surface area contributed by atoms with Gasteiger partial charge in [0.1, 0.15) is 5.82 Å². The predicted octanol–water partition coefficient (Wildman–Crippen LogP) is 2.82. The first kappa shape index (κ1) is 20.2. The van der Waals surface area contributed by atoms with E-state index in [2.05, 4.69) is 15.6 Å². The summed E-state index contributed by atoms with van der Waals surface area (Å²) in [5.41, 5.74) is 8.38. The molecule has 0 saturated carbocycles. The lowest BCUT2D eigenvalue weighted by molar-refractivity contribution is -0.117. The van der Waals surface area contributed by atoms with Crippen LogP contribution in [0.3, 0.4) is 0 Å². The van der Waals surface area contributed by atoms with Crippen LogP contribution in [0, 0.1) is 0 Å². The minimum atomic E-state index is -0.618. The first-order valence-electron chi connectivity index (χ1n) is 9.86. The Morgan fingerprint density at radius 3 is 2.65 bits per heavy atom. The number of pyridine rings is 1. The number of hydrogen-bond donors (Lipinski definition) is 3. The van der Waals surface area contributed by atoms with E-state index in [-0.39, 0.29) is 35.9 Å². The lowest BCUT2D eigenvalue weighted by atomic mass is 9.97. The van der Waals surface area contributed by atoms with Crippen LogP contribution in [0.2, 0.25) is 0 Å². The van der Waals surface area contributed by atoms with E-state index >= 15 is 0 Å². The molecular formula is C23H20N4O4. The van der Waals surface area contributed by atoms with Crippen LogP contribution >= 0.6 is 0 Å². The van der Waals surface area contributed by atoms with E-state index < -0.39 is 11.8 Å². The van der Waals surface area contributed by atoms with Crippen LogP contribution in [-0.4, -0.2) is 28.5 Å². The molecule has 8 heteroatoms. The molecule has 4 rings (SSSR count). The van der Waals surface area contributed by atoms with Crippen LogP contribution < -0.4 is 16.4 Å². The summed E-state index contributed by atoms with van der Waals surface area (Å²) in [6, 6.07) is 13.6. The zero-order valence-electron chi connectivity index (χ0n) is 16.6. The van der Waals surface area contributed by atoms with E-state index in [0.717, 1.165) is 11.3 Å². The van der Waals surface area contributed by atoms with Gasteiger partial charge in [-0.05, 0) is 42.3 Å². The molecule has 0 saturated heterocycles. The summed E-state index contributed by atoms with van der Waals surface area (Å²) in [7, 11) is 0. The highest BCUT2D eigenvalue weighted by molar-refractivity contribution is 6.07. The molecule has 0 radical (unpaired) electrons. The molecule has 2 heterocycles. The van der Waals surface area contributed by atoms with Gasteiger partial charge in [-0.2, -0.15) is 0 Å². The van der Waals surface area contributed by atoms with Gasteiger partial charge < -0.3 is 16.4 Å². The zero-order valence-corrected chi connectivity index (χ0v) is 16.6. The van der Waals surface area contributed by atoms with Crippen LogP contribution in [-0.2, 0) is 16.0 Å². The Balaban J connectivity index is 1.42. The van der Waals surface area contributed by atoms with Crippen molar-refractivity contribution in [1.29, 1.82) is 0 Å². The number of para-hydroxylation sites is 1. The highest BCUT2D eigenvalue weighted by Crippen LogP contribution is 2.24. The van der Waals surface area contributed by atoms with E-state index in [4.69, 9.17) is 5.73 Å². The molecule has 2 aromatic carbocycles. The quantitative estimate of drug-likeness (QED) is 0.532. The molecule has 3 amide bonds. The standard InChI is InChI=1S/C23H20N4O4/c24-23(31)16-12-20(25-18-4-2-1-3-15(16)18)27-22(30)10-8-19(28)14-5-7-17-13(11-14)6-9-21(29)26-17/h1-5,7,11-12H,6,8-10H2,(H2,24,31)(H,26,29)(H,25,27,30). The molecular weight excluding hydrogens is 396 g/mol. The number of anilines is 2. The highest BCUT2D eigenvalue weighted by atomic mass is 16.2. The number of ketones is 1. The minimum absolute atomic E-state index is 0.0211. The monoisotopic (exact) mass is 416 g/mol. The number of nitrogens with one attached hydrogen (secondary N) is 2. The van der Waals surface area contributed by atoms with Gasteiger partial charge in [0.25, 0.3) is 0 Å². The molecule has 1 aromatic heterocycles. The van der Waals surface area contributed by atoms with Crippen molar-refractivity contribution in [1.82, 2.24) is 4.98 Å². The number of carbonyl (C=O) groups is 4. The Morgan fingerprint density at radius 2 is 1.84 bits per heavy atom. The third-order valence-corrected chi connectivity index (χ3v) is 5.15. The predicted molar refractivity (Wildman–Crippen MR) is 116 cm³/mol. The van der Waals surface area contributed by atoms with E-state index in [0.29, 0.717) is 29.3 Å². The van der Waals surface area contributed by atoms with Crippen LogP contribution in [0.1, 0.15) is 45.5 Å². The fourth-order valence-electron chi connectivity index (χ4n) is 3.58. The fraction of sp³-hybridized carbons (Fsp3) is 0.174. The largest absolute Gasteiger partial charge is 0.366 e. The normalized spacial score (nSPS) is 12.7. The van der Waals surface area contributed by atoms with Gasteiger partial charge >= 0.3 is 0 Å². The number of benzene rings is 2. The molecule has 0 fully saturated rings. The maximum Gasteiger partial charge on any atom is 0.249 e. The van der Waals surface area contributed by atoms with E-state index in [1.807, 2.05) is 0 Å². The summed E-state index contributed by atoms with van der Waals surface area (Å²) >= 11 is 0. The van der Waals surface area contributed by atoms with Crippen molar-refractivity contribution in [3.63, 3.8) is 0 Å². The summed E-state index contributed by atoms with van der Waals surface area (Å²) in [6.07, 6.45) is 0.956. The third kappa shape index (κ3) is 4.42. The summed E-state index contributed by atoms with van der Waals surface area (Å²) < 4.78 is 0. The third-order valence-electron chi connectivity index (χ3n) is 5.15. The Hall–Kier alpha value is -4.07. The Bertz CT molecular complexity index is 1240. The molecule has 0 aliphatic carbocycles. The maximum atomic E-state index is 12.5. The number of nitrogens with two attached hydrogens (primary N) is 1. The molecule has 0 spiro atoms. The summed E-state index contributed by atoms with van der Waals surface area (Å²) in [5.74, 6) is -1.01. The molecule has 1 aliphatic rings. The SMILES string of the molecule is NC(=O)c1cc(NC(=O)CCC(=O)c2ccc3c(c2)CCC(=O)N3)nc2ccccc12. The van der Waals surface area contributed by atoms with Crippen LogP contribution in [0.4, 0.5) is 11.5 Å². The van der Waals surface area contributed by atoms with Crippen molar-refractivity contribution in [3.8, 4) is 0 Å². The number of amides is 3. The number of fused-ring (bicyclic) bond motifs is 2. The number of nitrogens with zero attached hydrogens (tertiary/aromatic N) is 1. The number of carbonyl (C=O) groups excluding carboxylic acids is 4. The number of aromatic nitrogens is 1. The first-order chi connectivity index (χ1) is 14.9. The lowest BCUT2D eigenvalue weighted by Crippen LogP contribution is -2.19. The fourth-order valence-corrected chi connectivity index (χ4v) is 3.58. The van der Waals surface area contributed by atoms with Crippen LogP contribution in [0.25, 0.3) is 10.9 Å². The molecule has 8 nitrogen and oxygen atoms in total. The lowest BCUT2D eigenvalue weighted by Gasteiger charge is -2.17. The number of Topliss-reactive ketones (excluding diaryl/α,β-unsaturated/α-hetero) is 1. The van der Waals surface area contributed by atoms with Gasteiger partial charge in [0.05, 0.1) is 11.1 Å². The molecule has 4 N–H and O–H groups in total. The number of primary amides is 1. The maximum absolute atomic E-state index is 12.5. The average molecular weight is 416 g/mol. The van der Waals surface area contributed by atoms with Gasteiger partial charge in [0, 0.05) is 35.9 Å². The molecule has 3 aromatic rings. The first-order valence-corrected chi connectivity index (χ1v) is 9.86. The van der Waals surface area contributed by atoms with Crippen molar-refractivity contribution >= 4 is 45.9 Å². The van der Waals surface area contributed by atoms with Crippen molar-refractivity contribution in [3.05, 3.63) is 65.2 Å². The van der Waals surface area contributed by atoms with Crippen molar-refractivity contribution in [2.75, 3.05) is 10.6 Å². The van der Waals surface area contributed by atoms with Crippen LogP contribution in [0.15, 0.2) is 48.5 Å². The smallest absolute Gasteiger partial charge is 0.249 e. The summed E-state index contributed by atoms with van der Waals surface area (Å²) in [6.45, 7) is 0. The molecule has 1 aliphatic heterocycles. The zero-order chi connectivity index (χ0) is 22.0. The van der Waals surface area contributed by atoms with Gasteiger partial charge in [-0.25, -0.2) is 4.98 Å². The van der Waals surface area contributed by atoms with E-state index in [9.17, 15) is 19.2 Å². The average Bonchev–Trinajstić information content (AvgIpc) is 2.76. The van der Waals surface area contributed by atoms with E-state index in [1.54, 1.807) is 42.5 Å². The van der Waals surface area contributed by atoms with Gasteiger partial charge in [-0.15, -0.1) is 0 Å². The molecule has 0 bridgehead atoms. The second-order valence-electron chi connectivity index (χ2n) is 7.33. The van der Waals surface area contributed by atoms with Crippen LogP contribution in [0.5, 0.6) is 0 Å². The van der Waals surface area contributed by atoms with Gasteiger partial charge in [0.15, 0.2) is 5.78 Å². The molecule has 0 atom stereocenters. The minimum Gasteiger partial charge on any atom is -0.366 e. The van der Waals surface area contributed by atoms with Crippen molar-refractivity contribution < 1.29 is 19.2 Å². The number of aryl methyl sites for hydroxylation is 1. The number of hydrogen-bond acceptors (Lipinski definition) is 5. The summed E-state index contributed by atoms with van der Waals surface area (Å²) in [4.78, 5) is 52.4. The Labute approximate surface area is 177 Å². The van der Waals surface area contributed by atoms with Gasteiger partial charge in [0.2, 0.25) is 17.7 Å². The Morgan fingerprint density at radius 1 is 1.03 bits per heavy atom. The van der Waals surface area contributed by atoms with Gasteiger partial charge in [-0.1, -0.05) is 18.2 Å². The highest BCUT2D eigenvalue weighted by Gasteiger charge is 2.18. The molecule has 0 unspecified atom stereocenters. The second-order valence-corrected chi connectivity index (χ2v) is 7.33. The molecule has 156 valence electrons. The Kier molecular flexibility index (Phi) is 5.44. The second kappa shape index (κ2) is 8.35. The number of rotatable bonds is 6. The van der Waals surface area contributed by atoms with Gasteiger partial charge in [-0.3, -0.25) is 19.2 Å². The summed E-state index contributed by atoms with van der Waals surface area (Å²) in [5, 5.41) is 6.01. The van der Waals surface area contributed by atoms with E-state index in [1.165, 1.54) is 6.07 Å².